The number of allylic oxidation sites excluding steroid dienone is 1. The first-order chi connectivity index (χ1) is 16.5. The SMILES string of the molecule is CCc1ccc(-c2noc(C3=C(C)N(CCCOC)C(=S)NC3c3ccc(CC)cc3)n2)cc1. The minimum atomic E-state index is -0.173. The molecule has 1 N–H and O–H groups in total. The Kier molecular flexibility index (Phi) is 7.75. The van der Waals surface area contributed by atoms with Crippen molar-refractivity contribution in [2.45, 2.75) is 46.1 Å². The molecule has 1 aliphatic rings. The summed E-state index contributed by atoms with van der Waals surface area (Å²) in [6.45, 7) is 7.78. The molecule has 1 aliphatic heterocycles. The highest BCUT2D eigenvalue weighted by atomic mass is 32.1. The fourth-order valence-corrected chi connectivity index (χ4v) is 4.58. The molecule has 178 valence electrons. The van der Waals surface area contributed by atoms with Gasteiger partial charge in [-0.3, -0.25) is 0 Å². The van der Waals surface area contributed by atoms with Crippen LogP contribution in [-0.2, 0) is 17.6 Å². The fraction of sp³-hybridized carbons (Fsp3) is 0.370. The number of aryl methyl sites for hydroxylation is 2. The van der Waals surface area contributed by atoms with Crippen molar-refractivity contribution in [1.82, 2.24) is 20.4 Å². The van der Waals surface area contributed by atoms with Gasteiger partial charge in [0.05, 0.1) is 11.6 Å². The number of benzene rings is 2. The normalized spacial score (nSPS) is 16.2. The number of rotatable bonds is 9. The van der Waals surface area contributed by atoms with Crippen LogP contribution in [0.15, 0.2) is 58.8 Å². The molecule has 1 unspecified atom stereocenters. The molecule has 2 aromatic carbocycles. The molecular weight excluding hydrogens is 444 g/mol. The van der Waals surface area contributed by atoms with E-state index in [1.54, 1.807) is 7.11 Å². The van der Waals surface area contributed by atoms with Crippen LogP contribution in [0.2, 0.25) is 0 Å². The van der Waals surface area contributed by atoms with E-state index in [9.17, 15) is 0 Å². The Labute approximate surface area is 207 Å². The Morgan fingerprint density at radius 1 is 1.03 bits per heavy atom. The predicted molar refractivity (Wildman–Crippen MR) is 139 cm³/mol. The lowest BCUT2D eigenvalue weighted by Crippen LogP contribution is -2.46. The summed E-state index contributed by atoms with van der Waals surface area (Å²) in [5.41, 5.74) is 6.57. The second-order valence-electron chi connectivity index (χ2n) is 8.45. The highest BCUT2D eigenvalue weighted by molar-refractivity contribution is 7.80. The van der Waals surface area contributed by atoms with Crippen molar-refractivity contribution in [1.29, 1.82) is 0 Å². The zero-order chi connectivity index (χ0) is 24.1. The van der Waals surface area contributed by atoms with Crippen LogP contribution in [0, 0.1) is 0 Å². The second-order valence-corrected chi connectivity index (χ2v) is 8.84. The first kappa shape index (κ1) is 24.1. The third-order valence-corrected chi connectivity index (χ3v) is 6.66. The molecule has 0 amide bonds. The van der Waals surface area contributed by atoms with E-state index in [0.717, 1.165) is 48.2 Å². The number of methoxy groups -OCH3 is 1. The summed E-state index contributed by atoms with van der Waals surface area (Å²) < 4.78 is 11.1. The van der Waals surface area contributed by atoms with Crippen LogP contribution >= 0.6 is 12.2 Å². The quantitative estimate of drug-likeness (QED) is 0.320. The van der Waals surface area contributed by atoms with E-state index in [4.69, 9.17) is 26.5 Å². The van der Waals surface area contributed by atoms with Gasteiger partial charge in [0.15, 0.2) is 5.11 Å². The van der Waals surface area contributed by atoms with Crippen LogP contribution in [0.25, 0.3) is 17.0 Å². The summed E-state index contributed by atoms with van der Waals surface area (Å²) in [5.74, 6) is 1.08. The number of thiocarbonyl (C=S) groups is 1. The van der Waals surface area contributed by atoms with Crippen molar-refractivity contribution >= 4 is 22.9 Å². The van der Waals surface area contributed by atoms with Crippen molar-refractivity contribution in [3.05, 3.63) is 76.8 Å². The lowest BCUT2D eigenvalue weighted by atomic mass is 9.94. The van der Waals surface area contributed by atoms with Crippen molar-refractivity contribution in [3.8, 4) is 11.4 Å². The van der Waals surface area contributed by atoms with Crippen molar-refractivity contribution in [2.24, 2.45) is 0 Å². The molecule has 2 heterocycles. The lowest BCUT2D eigenvalue weighted by molar-refractivity contribution is 0.188. The third-order valence-electron chi connectivity index (χ3n) is 6.32. The van der Waals surface area contributed by atoms with Gasteiger partial charge in [0.2, 0.25) is 5.82 Å². The molecule has 0 saturated carbocycles. The fourth-order valence-electron chi connectivity index (χ4n) is 4.23. The van der Waals surface area contributed by atoms with Crippen molar-refractivity contribution in [2.75, 3.05) is 20.3 Å². The average molecular weight is 477 g/mol. The summed E-state index contributed by atoms with van der Waals surface area (Å²) in [6.07, 6.45) is 2.85. The Balaban J connectivity index is 1.74. The average Bonchev–Trinajstić information content (AvgIpc) is 3.35. The number of hydrogen-bond donors (Lipinski definition) is 1. The van der Waals surface area contributed by atoms with Gasteiger partial charge in [-0.15, -0.1) is 0 Å². The Bertz CT molecular complexity index is 1150. The topological polar surface area (TPSA) is 63.4 Å². The minimum absolute atomic E-state index is 0.173. The third kappa shape index (κ3) is 5.05. The summed E-state index contributed by atoms with van der Waals surface area (Å²) in [5, 5.41) is 8.52. The molecule has 0 radical (unpaired) electrons. The number of nitrogens with one attached hydrogen (secondary N) is 1. The predicted octanol–water partition coefficient (Wildman–Crippen LogP) is 5.56. The van der Waals surface area contributed by atoms with E-state index >= 15 is 0 Å². The van der Waals surface area contributed by atoms with Crippen LogP contribution in [0.5, 0.6) is 0 Å². The van der Waals surface area contributed by atoms with Gasteiger partial charge in [-0.2, -0.15) is 4.98 Å². The molecule has 6 nitrogen and oxygen atoms in total. The van der Waals surface area contributed by atoms with Gasteiger partial charge in [-0.25, -0.2) is 0 Å². The van der Waals surface area contributed by atoms with Gasteiger partial charge in [0, 0.05) is 31.5 Å². The summed E-state index contributed by atoms with van der Waals surface area (Å²) >= 11 is 5.76. The maximum absolute atomic E-state index is 5.84. The molecule has 4 rings (SSSR count). The number of hydrogen-bond acceptors (Lipinski definition) is 5. The van der Waals surface area contributed by atoms with Gasteiger partial charge in [-0.05, 0) is 55.1 Å². The van der Waals surface area contributed by atoms with Crippen LogP contribution in [0.3, 0.4) is 0 Å². The highest BCUT2D eigenvalue weighted by Gasteiger charge is 2.33. The van der Waals surface area contributed by atoms with Crippen molar-refractivity contribution < 1.29 is 9.26 Å². The van der Waals surface area contributed by atoms with Crippen LogP contribution in [-0.4, -0.2) is 40.4 Å². The van der Waals surface area contributed by atoms with Gasteiger partial charge in [0.1, 0.15) is 0 Å². The van der Waals surface area contributed by atoms with Crippen LogP contribution < -0.4 is 5.32 Å². The van der Waals surface area contributed by atoms with Gasteiger partial charge in [-0.1, -0.05) is 67.5 Å². The minimum Gasteiger partial charge on any atom is -0.385 e. The monoisotopic (exact) mass is 476 g/mol. The van der Waals surface area contributed by atoms with E-state index in [1.807, 2.05) is 12.1 Å². The standard InChI is InChI=1S/C27H32N4O2S/c1-5-19-8-12-21(13-9-19)24-23(18(3)31(27(34)28-24)16-7-17-32-4)26-29-25(30-33-26)22-14-10-20(6-2)11-15-22/h8-15,24H,5-7,16-17H2,1-4H3,(H,28,34). The van der Waals surface area contributed by atoms with Crippen LogP contribution in [0.1, 0.15) is 55.8 Å². The van der Waals surface area contributed by atoms with E-state index in [-0.39, 0.29) is 6.04 Å². The molecular formula is C27H32N4O2S. The molecule has 0 fully saturated rings. The first-order valence-corrected chi connectivity index (χ1v) is 12.3. The molecule has 1 atom stereocenters. The molecule has 7 heteroatoms. The molecule has 0 spiro atoms. The molecule has 1 aromatic heterocycles. The zero-order valence-electron chi connectivity index (χ0n) is 20.3. The van der Waals surface area contributed by atoms with E-state index < -0.39 is 0 Å². The van der Waals surface area contributed by atoms with E-state index in [2.05, 4.69) is 72.5 Å². The van der Waals surface area contributed by atoms with Gasteiger partial charge in [0.25, 0.3) is 5.89 Å². The summed E-state index contributed by atoms with van der Waals surface area (Å²) in [6, 6.07) is 16.7. The number of ether oxygens (including phenoxy) is 1. The Morgan fingerprint density at radius 2 is 1.68 bits per heavy atom. The molecule has 0 aliphatic carbocycles. The second kappa shape index (κ2) is 10.9. The van der Waals surface area contributed by atoms with E-state index in [0.29, 0.717) is 23.4 Å². The first-order valence-electron chi connectivity index (χ1n) is 11.9. The summed E-state index contributed by atoms with van der Waals surface area (Å²) in [4.78, 5) is 6.90. The molecule has 0 saturated heterocycles. The molecule has 3 aromatic rings. The van der Waals surface area contributed by atoms with E-state index in [1.165, 1.54) is 11.1 Å². The Hall–Kier alpha value is -3.03. The molecule has 34 heavy (non-hydrogen) atoms. The van der Waals surface area contributed by atoms with Gasteiger partial charge >= 0.3 is 0 Å². The smallest absolute Gasteiger partial charge is 0.258 e. The maximum atomic E-state index is 5.84. The Morgan fingerprint density at radius 3 is 2.29 bits per heavy atom. The summed E-state index contributed by atoms with van der Waals surface area (Å²) in [7, 11) is 1.71. The van der Waals surface area contributed by atoms with Crippen LogP contribution in [0.4, 0.5) is 0 Å². The number of aromatic nitrogens is 2. The zero-order valence-corrected chi connectivity index (χ0v) is 21.1. The highest BCUT2D eigenvalue weighted by Crippen LogP contribution is 2.37. The largest absolute Gasteiger partial charge is 0.385 e. The van der Waals surface area contributed by atoms with Gasteiger partial charge < -0.3 is 19.5 Å². The number of nitrogens with zero attached hydrogens (tertiary/aromatic N) is 3. The maximum Gasteiger partial charge on any atom is 0.258 e. The van der Waals surface area contributed by atoms with Crippen molar-refractivity contribution in [3.63, 3.8) is 0 Å². The lowest BCUT2D eigenvalue weighted by Gasteiger charge is -2.37. The molecule has 0 bridgehead atoms.